The van der Waals surface area contributed by atoms with Crippen molar-refractivity contribution in [2.45, 2.75) is 25.4 Å². The van der Waals surface area contributed by atoms with Gasteiger partial charge in [0.05, 0.1) is 13.7 Å². The van der Waals surface area contributed by atoms with Crippen LogP contribution in [0, 0.1) is 0 Å². The number of hydrogen-bond donors (Lipinski definition) is 2. The SMILES string of the molecule is COCCN(Cc1cc(OC)ccc1B(O)O)C1CC1. The van der Waals surface area contributed by atoms with E-state index in [2.05, 4.69) is 4.90 Å². The molecule has 2 N–H and O–H groups in total. The molecule has 0 unspecified atom stereocenters. The Balaban J connectivity index is 2.15. The summed E-state index contributed by atoms with van der Waals surface area (Å²) in [5, 5.41) is 19.0. The van der Waals surface area contributed by atoms with Crippen LogP contribution in [0.15, 0.2) is 18.2 Å². The summed E-state index contributed by atoms with van der Waals surface area (Å²) < 4.78 is 10.4. The molecule has 5 nitrogen and oxygen atoms in total. The topological polar surface area (TPSA) is 62.2 Å². The molecule has 1 saturated carbocycles. The standard InChI is InChI=1S/C14H22BNO4/c1-19-8-7-16(12-3-4-12)10-11-9-13(20-2)5-6-14(11)15(17)18/h5-6,9,12,17-18H,3-4,7-8,10H2,1-2H3. The Labute approximate surface area is 120 Å². The fourth-order valence-electron chi connectivity index (χ4n) is 2.36. The van der Waals surface area contributed by atoms with Gasteiger partial charge in [0, 0.05) is 26.2 Å². The quantitative estimate of drug-likeness (QED) is 0.655. The van der Waals surface area contributed by atoms with Gasteiger partial charge in [0.2, 0.25) is 0 Å². The molecular formula is C14H22BNO4. The largest absolute Gasteiger partial charge is 0.497 e. The van der Waals surface area contributed by atoms with Gasteiger partial charge in [-0.05, 0) is 36.0 Å². The van der Waals surface area contributed by atoms with Gasteiger partial charge in [-0.3, -0.25) is 4.90 Å². The first-order valence-electron chi connectivity index (χ1n) is 6.91. The van der Waals surface area contributed by atoms with Gasteiger partial charge in [-0.1, -0.05) is 6.07 Å². The van der Waals surface area contributed by atoms with Crippen LogP contribution >= 0.6 is 0 Å². The Morgan fingerprint density at radius 3 is 2.60 bits per heavy atom. The van der Waals surface area contributed by atoms with Gasteiger partial charge in [-0.25, -0.2) is 0 Å². The van der Waals surface area contributed by atoms with E-state index >= 15 is 0 Å². The zero-order valence-corrected chi connectivity index (χ0v) is 12.1. The van der Waals surface area contributed by atoms with Gasteiger partial charge in [0.25, 0.3) is 0 Å². The maximum absolute atomic E-state index is 9.48. The Kier molecular flexibility index (Phi) is 5.42. The third-order valence-electron chi connectivity index (χ3n) is 3.65. The van der Waals surface area contributed by atoms with Crippen LogP contribution in [-0.4, -0.2) is 55.5 Å². The van der Waals surface area contributed by atoms with Crippen LogP contribution in [0.3, 0.4) is 0 Å². The first-order valence-corrected chi connectivity index (χ1v) is 6.91. The van der Waals surface area contributed by atoms with Gasteiger partial charge in [-0.15, -0.1) is 0 Å². The average Bonchev–Trinajstić information content (AvgIpc) is 3.27. The Morgan fingerprint density at radius 1 is 1.30 bits per heavy atom. The van der Waals surface area contributed by atoms with Crippen molar-refractivity contribution in [1.82, 2.24) is 4.90 Å². The molecule has 0 heterocycles. The molecule has 1 aromatic carbocycles. The van der Waals surface area contributed by atoms with E-state index in [0.29, 0.717) is 24.7 Å². The summed E-state index contributed by atoms with van der Waals surface area (Å²) in [5.41, 5.74) is 1.43. The summed E-state index contributed by atoms with van der Waals surface area (Å²) in [5.74, 6) is 0.729. The first kappa shape index (κ1) is 15.3. The lowest BCUT2D eigenvalue weighted by Crippen LogP contribution is -2.37. The molecule has 1 fully saturated rings. The van der Waals surface area contributed by atoms with Crippen LogP contribution < -0.4 is 10.2 Å². The third-order valence-corrected chi connectivity index (χ3v) is 3.65. The van der Waals surface area contributed by atoms with Crippen LogP contribution in [0.2, 0.25) is 0 Å². The summed E-state index contributed by atoms with van der Waals surface area (Å²) in [6.07, 6.45) is 2.40. The lowest BCUT2D eigenvalue weighted by atomic mass is 9.77. The molecular weight excluding hydrogens is 257 g/mol. The monoisotopic (exact) mass is 279 g/mol. The maximum atomic E-state index is 9.48. The van der Waals surface area contributed by atoms with Crippen LogP contribution in [0.5, 0.6) is 5.75 Å². The van der Waals surface area contributed by atoms with Gasteiger partial charge >= 0.3 is 7.12 Å². The number of rotatable bonds is 8. The molecule has 1 aromatic rings. The van der Waals surface area contributed by atoms with Gasteiger partial charge < -0.3 is 19.5 Å². The Morgan fingerprint density at radius 2 is 2.05 bits per heavy atom. The van der Waals surface area contributed by atoms with Crippen molar-refractivity contribution >= 4 is 12.6 Å². The van der Waals surface area contributed by atoms with Gasteiger partial charge in [-0.2, -0.15) is 0 Å². The van der Waals surface area contributed by atoms with E-state index in [4.69, 9.17) is 9.47 Å². The van der Waals surface area contributed by atoms with E-state index in [0.717, 1.165) is 17.9 Å². The molecule has 2 rings (SSSR count). The number of hydrogen-bond acceptors (Lipinski definition) is 5. The smallest absolute Gasteiger partial charge is 0.488 e. The summed E-state index contributed by atoms with van der Waals surface area (Å²) in [6, 6.07) is 5.91. The summed E-state index contributed by atoms with van der Waals surface area (Å²) in [7, 11) is 1.84. The molecule has 0 amide bonds. The third kappa shape index (κ3) is 3.96. The number of nitrogens with zero attached hydrogens (tertiary/aromatic N) is 1. The van der Waals surface area contributed by atoms with E-state index in [9.17, 15) is 10.0 Å². The van der Waals surface area contributed by atoms with Gasteiger partial charge in [0.15, 0.2) is 0 Å². The minimum absolute atomic E-state index is 0.536. The Hall–Kier alpha value is -1.08. The van der Waals surface area contributed by atoms with Crippen molar-refractivity contribution in [1.29, 1.82) is 0 Å². The van der Waals surface area contributed by atoms with Crippen LogP contribution in [0.4, 0.5) is 0 Å². The predicted octanol–water partition coefficient (Wildman–Crippen LogP) is -0.0142. The average molecular weight is 279 g/mol. The highest BCUT2D eigenvalue weighted by atomic mass is 16.5. The highest BCUT2D eigenvalue weighted by Gasteiger charge is 2.30. The second kappa shape index (κ2) is 7.08. The first-order chi connectivity index (χ1) is 9.65. The van der Waals surface area contributed by atoms with Crippen LogP contribution in [0.25, 0.3) is 0 Å². The molecule has 20 heavy (non-hydrogen) atoms. The number of benzene rings is 1. The molecule has 110 valence electrons. The number of methoxy groups -OCH3 is 2. The van der Waals surface area contributed by atoms with E-state index in [1.165, 1.54) is 12.8 Å². The second-order valence-electron chi connectivity index (χ2n) is 5.13. The molecule has 0 radical (unpaired) electrons. The molecule has 0 bridgehead atoms. The van der Waals surface area contributed by atoms with Crippen molar-refractivity contribution < 1.29 is 19.5 Å². The maximum Gasteiger partial charge on any atom is 0.488 e. The lowest BCUT2D eigenvalue weighted by Gasteiger charge is -2.23. The molecule has 0 atom stereocenters. The molecule has 1 aliphatic carbocycles. The minimum atomic E-state index is -1.46. The fourth-order valence-corrected chi connectivity index (χ4v) is 2.36. The minimum Gasteiger partial charge on any atom is -0.497 e. The van der Waals surface area contributed by atoms with Crippen LogP contribution in [0.1, 0.15) is 18.4 Å². The zero-order valence-electron chi connectivity index (χ0n) is 12.1. The fraction of sp³-hybridized carbons (Fsp3) is 0.571. The second-order valence-corrected chi connectivity index (χ2v) is 5.13. The van der Waals surface area contributed by atoms with E-state index < -0.39 is 7.12 Å². The van der Waals surface area contributed by atoms with Crippen molar-refractivity contribution in [3.05, 3.63) is 23.8 Å². The van der Waals surface area contributed by atoms with Gasteiger partial charge in [0.1, 0.15) is 5.75 Å². The molecule has 0 spiro atoms. The molecule has 1 aliphatic rings. The zero-order chi connectivity index (χ0) is 14.5. The lowest BCUT2D eigenvalue weighted by molar-refractivity contribution is 0.139. The van der Waals surface area contributed by atoms with Crippen molar-refractivity contribution in [2.75, 3.05) is 27.4 Å². The molecule has 0 saturated heterocycles. The Bertz CT molecular complexity index is 437. The highest BCUT2D eigenvalue weighted by Crippen LogP contribution is 2.28. The van der Waals surface area contributed by atoms with Crippen molar-refractivity contribution in [3.63, 3.8) is 0 Å². The highest BCUT2D eigenvalue weighted by molar-refractivity contribution is 6.59. The van der Waals surface area contributed by atoms with E-state index in [1.807, 2.05) is 6.07 Å². The van der Waals surface area contributed by atoms with Crippen molar-refractivity contribution in [2.24, 2.45) is 0 Å². The normalized spacial score (nSPS) is 14.7. The van der Waals surface area contributed by atoms with Crippen molar-refractivity contribution in [3.8, 4) is 5.75 Å². The van der Waals surface area contributed by atoms with E-state index in [-0.39, 0.29) is 0 Å². The molecule has 0 aromatic heterocycles. The van der Waals surface area contributed by atoms with E-state index in [1.54, 1.807) is 26.4 Å². The molecule has 0 aliphatic heterocycles. The number of ether oxygens (including phenoxy) is 2. The predicted molar refractivity (Wildman–Crippen MR) is 78.1 cm³/mol. The van der Waals surface area contributed by atoms with Crippen LogP contribution in [-0.2, 0) is 11.3 Å². The summed E-state index contributed by atoms with van der Waals surface area (Å²) in [6.45, 7) is 2.20. The summed E-state index contributed by atoms with van der Waals surface area (Å²) >= 11 is 0. The summed E-state index contributed by atoms with van der Waals surface area (Å²) in [4.78, 5) is 2.32. The molecule has 6 heteroatoms.